The fraction of sp³-hybridized carbons (Fsp3) is 0.167. The van der Waals surface area contributed by atoms with Crippen LogP contribution in [0.3, 0.4) is 0 Å². The molecule has 0 unspecified atom stereocenters. The third-order valence-corrected chi connectivity index (χ3v) is 7.25. The second kappa shape index (κ2) is 7.67. The first-order valence-corrected chi connectivity index (χ1v) is 11.5. The molecule has 0 aliphatic carbocycles. The predicted octanol–water partition coefficient (Wildman–Crippen LogP) is 4.03. The van der Waals surface area contributed by atoms with Crippen molar-refractivity contribution in [1.29, 1.82) is 0 Å². The van der Waals surface area contributed by atoms with Crippen LogP contribution in [0.15, 0.2) is 82.7 Å². The molecular weight excluding hydrogens is 410 g/mol. The fourth-order valence-electron chi connectivity index (χ4n) is 3.90. The topological polar surface area (TPSA) is 72.4 Å². The number of sulfone groups is 1. The molecule has 1 aliphatic heterocycles. The number of hydrogen-bond acceptors (Lipinski definition) is 6. The summed E-state index contributed by atoms with van der Waals surface area (Å²) in [7, 11) is -2.34. The zero-order chi connectivity index (χ0) is 21.4. The summed E-state index contributed by atoms with van der Waals surface area (Å²) >= 11 is 0. The highest BCUT2D eigenvalue weighted by Gasteiger charge is 2.29. The summed E-state index contributed by atoms with van der Waals surface area (Å²) in [5.41, 5.74) is 3.68. The Labute approximate surface area is 181 Å². The van der Waals surface area contributed by atoms with Gasteiger partial charge in [-0.05, 0) is 53.9 Å². The molecule has 6 nitrogen and oxygen atoms in total. The number of nitrogens with zero attached hydrogens (tertiary/aromatic N) is 3. The maximum Gasteiger partial charge on any atom is 0.227 e. The lowest BCUT2D eigenvalue weighted by atomic mass is 10.00. The Morgan fingerprint density at radius 3 is 2.19 bits per heavy atom. The molecule has 31 heavy (non-hydrogen) atoms. The van der Waals surface area contributed by atoms with E-state index in [0.29, 0.717) is 35.7 Å². The zero-order valence-electron chi connectivity index (χ0n) is 17.0. The van der Waals surface area contributed by atoms with Crippen LogP contribution in [0.4, 0.5) is 5.82 Å². The first-order chi connectivity index (χ1) is 15.1. The summed E-state index contributed by atoms with van der Waals surface area (Å²) in [6.45, 7) is 1.27. The number of methoxy groups -OCH3 is 1. The van der Waals surface area contributed by atoms with E-state index in [2.05, 4.69) is 17.1 Å². The molecule has 1 aliphatic rings. The highest BCUT2D eigenvalue weighted by molar-refractivity contribution is 7.91. The van der Waals surface area contributed by atoms with Gasteiger partial charge in [-0.3, -0.25) is 0 Å². The molecule has 0 bridgehead atoms. The molecule has 0 radical (unpaired) electrons. The van der Waals surface area contributed by atoms with Crippen molar-refractivity contribution in [3.63, 3.8) is 0 Å². The number of rotatable bonds is 4. The zero-order valence-corrected chi connectivity index (χ0v) is 17.8. The molecule has 5 rings (SSSR count). The van der Waals surface area contributed by atoms with Gasteiger partial charge in [-0.15, -0.1) is 0 Å². The molecule has 3 aromatic carbocycles. The minimum Gasteiger partial charge on any atom is -0.497 e. The smallest absolute Gasteiger partial charge is 0.227 e. The standard InChI is InChI=1S/C24H21N3O3S/c1-30-19-10-12-20(13-11-19)31(28,29)24-23(25-21-8-4-5-9-22(21)26-24)27-15-14-17-6-2-3-7-18(17)16-27/h2-13H,14-16H2,1H3. The Bertz CT molecular complexity index is 1370. The van der Waals surface area contributed by atoms with E-state index in [9.17, 15) is 8.42 Å². The summed E-state index contributed by atoms with van der Waals surface area (Å²) in [5.74, 6) is 0.987. The van der Waals surface area contributed by atoms with Gasteiger partial charge in [-0.2, -0.15) is 0 Å². The van der Waals surface area contributed by atoms with E-state index in [1.807, 2.05) is 35.2 Å². The molecule has 0 spiro atoms. The fourth-order valence-corrected chi connectivity index (χ4v) is 5.26. The van der Waals surface area contributed by atoms with Crippen LogP contribution in [0.25, 0.3) is 11.0 Å². The third kappa shape index (κ3) is 3.51. The first-order valence-electron chi connectivity index (χ1n) is 10.0. The summed E-state index contributed by atoms with van der Waals surface area (Å²) < 4.78 is 32.4. The summed E-state index contributed by atoms with van der Waals surface area (Å²) in [6.07, 6.45) is 0.826. The average molecular weight is 432 g/mol. The molecule has 2 heterocycles. The maximum absolute atomic E-state index is 13.6. The minimum absolute atomic E-state index is 0.0178. The van der Waals surface area contributed by atoms with Gasteiger partial charge in [0.15, 0.2) is 5.82 Å². The van der Waals surface area contributed by atoms with Crippen molar-refractivity contribution in [2.75, 3.05) is 18.6 Å². The van der Waals surface area contributed by atoms with Crippen molar-refractivity contribution >= 4 is 26.7 Å². The van der Waals surface area contributed by atoms with E-state index in [4.69, 9.17) is 9.72 Å². The number of aromatic nitrogens is 2. The first kappa shape index (κ1) is 19.5. The third-order valence-electron chi connectivity index (χ3n) is 5.58. The maximum atomic E-state index is 13.6. The number of ether oxygens (including phenoxy) is 1. The molecule has 0 atom stereocenters. The van der Waals surface area contributed by atoms with Gasteiger partial charge in [-0.25, -0.2) is 18.4 Å². The Morgan fingerprint density at radius 2 is 1.48 bits per heavy atom. The number of fused-ring (bicyclic) bond motifs is 2. The monoisotopic (exact) mass is 431 g/mol. The molecule has 0 saturated heterocycles. The Morgan fingerprint density at radius 1 is 0.839 bits per heavy atom. The molecule has 4 aromatic rings. The van der Waals surface area contributed by atoms with Crippen LogP contribution >= 0.6 is 0 Å². The summed E-state index contributed by atoms with van der Waals surface area (Å²) in [4.78, 5) is 11.5. The lowest BCUT2D eigenvalue weighted by molar-refractivity contribution is 0.414. The van der Waals surface area contributed by atoms with Crippen LogP contribution in [-0.4, -0.2) is 32.0 Å². The van der Waals surface area contributed by atoms with E-state index >= 15 is 0 Å². The molecule has 0 amide bonds. The molecule has 0 fully saturated rings. The van der Waals surface area contributed by atoms with Crippen LogP contribution in [0, 0.1) is 0 Å². The normalized spacial score (nSPS) is 13.8. The number of para-hydroxylation sites is 2. The van der Waals surface area contributed by atoms with Crippen molar-refractivity contribution in [3.8, 4) is 5.75 Å². The van der Waals surface area contributed by atoms with Gasteiger partial charge in [-0.1, -0.05) is 36.4 Å². The van der Waals surface area contributed by atoms with Crippen molar-refractivity contribution in [2.24, 2.45) is 0 Å². The largest absolute Gasteiger partial charge is 0.497 e. The summed E-state index contributed by atoms with van der Waals surface area (Å²) in [6, 6.07) is 21.9. The number of hydrogen-bond donors (Lipinski definition) is 0. The van der Waals surface area contributed by atoms with Crippen LogP contribution in [0.2, 0.25) is 0 Å². The van der Waals surface area contributed by atoms with E-state index in [-0.39, 0.29) is 9.92 Å². The summed E-state index contributed by atoms with van der Waals surface area (Å²) in [5, 5.41) is -0.0178. The second-order valence-corrected chi connectivity index (χ2v) is 9.33. The minimum atomic E-state index is -3.88. The van der Waals surface area contributed by atoms with Crippen molar-refractivity contribution in [2.45, 2.75) is 22.9 Å². The van der Waals surface area contributed by atoms with E-state index < -0.39 is 9.84 Å². The van der Waals surface area contributed by atoms with E-state index in [1.54, 1.807) is 37.4 Å². The van der Waals surface area contributed by atoms with Crippen LogP contribution in [0.5, 0.6) is 5.75 Å². The Hall–Kier alpha value is -3.45. The number of anilines is 1. The second-order valence-electron chi connectivity index (χ2n) is 7.46. The van der Waals surface area contributed by atoms with Gasteiger partial charge in [0.05, 0.1) is 23.0 Å². The average Bonchev–Trinajstić information content (AvgIpc) is 2.83. The van der Waals surface area contributed by atoms with Crippen molar-refractivity contribution in [1.82, 2.24) is 9.97 Å². The van der Waals surface area contributed by atoms with Gasteiger partial charge in [0, 0.05) is 13.1 Å². The van der Waals surface area contributed by atoms with E-state index in [1.165, 1.54) is 11.1 Å². The highest BCUT2D eigenvalue weighted by Crippen LogP contribution is 2.32. The SMILES string of the molecule is COc1ccc(S(=O)(=O)c2nc3ccccc3nc2N2CCc3ccccc3C2)cc1. The van der Waals surface area contributed by atoms with Gasteiger partial charge in [0.1, 0.15) is 5.75 Å². The molecule has 7 heteroatoms. The van der Waals surface area contributed by atoms with Crippen molar-refractivity contribution in [3.05, 3.63) is 83.9 Å². The predicted molar refractivity (Wildman–Crippen MR) is 119 cm³/mol. The molecule has 1 aromatic heterocycles. The Kier molecular flexibility index (Phi) is 4.82. The lowest BCUT2D eigenvalue weighted by Crippen LogP contribution is -2.32. The Balaban J connectivity index is 1.66. The van der Waals surface area contributed by atoms with Gasteiger partial charge in [0.2, 0.25) is 14.9 Å². The highest BCUT2D eigenvalue weighted by atomic mass is 32.2. The molecule has 0 saturated carbocycles. The van der Waals surface area contributed by atoms with Crippen LogP contribution in [0.1, 0.15) is 11.1 Å². The van der Waals surface area contributed by atoms with Crippen molar-refractivity contribution < 1.29 is 13.2 Å². The number of benzene rings is 3. The van der Waals surface area contributed by atoms with E-state index in [0.717, 1.165) is 6.42 Å². The van der Waals surface area contributed by atoms with Gasteiger partial charge < -0.3 is 9.64 Å². The molecule has 0 N–H and O–H groups in total. The van der Waals surface area contributed by atoms with Gasteiger partial charge in [0.25, 0.3) is 0 Å². The lowest BCUT2D eigenvalue weighted by Gasteiger charge is -2.30. The quantitative estimate of drug-likeness (QED) is 0.486. The van der Waals surface area contributed by atoms with Gasteiger partial charge >= 0.3 is 0 Å². The van der Waals surface area contributed by atoms with Crippen LogP contribution in [-0.2, 0) is 22.8 Å². The molecular formula is C24H21N3O3S. The molecule has 156 valence electrons. The van der Waals surface area contributed by atoms with Crippen LogP contribution < -0.4 is 9.64 Å².